The summed E-state index contributed by atoms with van der Waals surface area (Å²) in [5.41, 5.74) is 0. The van der Waals surface area contributed by atoms with Crippen molar-refractivity contribution in [3.63, 3.8) is 0 Å². The minimum Gasteiger partial charge on any atom is -0.357 e. The van der Waals surface area contributed by atoms with E-state index in [9.17, 15) is 4.79 Å². The average Bonchev–Trinajstić information content (AvgIpc) is 3.10. The fourth-order valence-electron chi connectivity index (χ4n) is 1.71. The van der Waals surface area contributed by atoms with Crippen molar-refractivity contribution in [3.8, 4) is 0 Å². The molecule has 19 heavy (non-hydrogen) atoms. The third kappa shape index (κ3) is 4.07. The summed E-state index contributed by atoms with van der Waals surface area (Å²) in [6.45, 7) is 7.44. The summed E-state index contributed by atoms with van der Waals surface area (Å²) < 4.78 is 0.858. The lowest BCUT2D eigenvalue weighted by Crippen LogP contribution is -2.36. The second kappa shape index (κ2) is 6.56. The Morgan fingerprint density at radius 3 is 2.74 bits per heavy atom. The summed E-state index contributed by atoms with van der Waals surface area (Å²) in [7, 11) is 0. The number of anilines is 1. The molecule has 1 saturated carbocycles. The number of hydrogen-bond acceptors (Lipinski definition) is 6. The maximum absolute atomic E-state index is 12.2. The minimum atomic E-state index is -0.110. The van der Waals surface area contributed by atoms with Gasteiger partial charge in [-0.2, -0.15) is 0 Å². The van der Waals surface area contributed by atoms with Gasteiger partial charge in [-0.05, 0) is 33.6 Å². The van der Waals surface area contributed by atoms with E-state index < -0.39 is 0 Å². The lowest BCUT2D eigenvalue weighted by molar-refractivity contribution is -0.129. The molecule has 0 spiro atoms. The SMILES string of the molecule is CCN(CC)C(=O)C(C)Sc1nnc(NC2CC2)s1. The van der Waals surface area contributed by atoms with E-state index in [2.05, 4.69) is 15.5 Å². The topological polar surface area (TPSA) is 58.1 Å². The van der Waals surface area contributed by atoms with Crippen LogP contribution in [0.4, 0.5) is 5.13 Å². The quantitative estimate of drug-likeness (QED) is 0.784. The maximum atomic E-state index is 12.2. The number of aromatic nitrogens is 2. The second-order valence-corrected chi connectivity index (χ2v) is 7.13. The highest BCUT2D eigenvalue weighted by atomic mass is 32.2. The largest absolute Gasteiger partial charge is 0.357 e. The van der Waals surface area contributed by atoms with Gasteiger partial charge in [-0.25, -0.2) is 0 Å². The molecule has 0 bridgehead atoms. The van der Waals surface area contributed by atoms with Crippen LogP contribution < -0.4 is 5.32 Å². The minimum absolute atomic E-state index is 0.110. The van der Waals surface area contributed by atoms with Crippen molar-refractivity contribution in [1.82, 2.24) is 15.1 Å². The molecule has 1 fully saturated rings. The third-order valence-corrected chi connectivity index (χ3v) is 5.04. The van der Waals surface area contributed by atoms with E-state index in [-0.39, 0.29) is 11.2 Å². The van der Waals surface area contributed by atoms with Gasteiger partial charge in [0.1, 0.15) is 0 Å². The van der Waals surface area contributed by atoms with Crippen LogP contribution in [-0.4, -0.2) is 45.4 Å². The van der Waals surface area contributed by atoms with E-state index >= 15 is 0 Å². The zero-order chi connectivity index (χ0) is 13.8. The van der Waals surface area contributed by atoms with Crippen molar-refractivity contribution in [3.05, 3.63) is 0 Å². The summed E-state index contributed by atoms with van der Waals surface area (Å²) in [6.07, 6.45) is 2.44. The van der Waals surface area contributed by atoms with Crippen molar-refractivity contribution in [2.45, 2.75) is 49.2 Å². The first-order valence-corrected chi connectivity index (χ1v) is 8.39. The van der Waals surface area contributed by atoms with Gasteiger partial charge in [-0.3, -0.25) is 4.79 Å². The first-order valence-electron chi connectivity index (χ1n) is 6.69. The van der Waals surface area contributed by atoms with Crippen LogP contribution >= 0.6 is 23.1 Å². The zero-order valence-corrected chi connectivity index (χ0v) is 13.2. The summed E-state index contributed by atoms with van der Waals surface area (Å²) in [4.78, 5) is 14.0. The molecule has 1 aliphatic rings. The summed E-state index contributed by atoms with van der Waals surface area (Å²) >= 11 is 3.03. The number of rotatable bonds is 7. The Morgan fingerprint density at radius 2 is 2.16 bits per heavy atom. The van der Waals surface area contributed by atoms with E-state index in [0.29, 0.717) is 6.04 Å². The molecular weight excluding hydrogens is 280 g/mol. The molecule has 0 radical (unpaired) electrons. The van der Waals surface area contributed by atoms with E-state index in [0.717, 1.165) is 22.6 Å². The van der Waals surface area contributed by atoms with Crippen LogP contribution in [0.15, 0.2) is 4.34 Å². The van der Waals surface area contributed by atoms with Crippen molar-refractivity contribution < 1.29 is 4.79 Å². The first-order chi connectivity index (χ1) is 9.13. The molecule has 0 aromatic carbocycles. The number of nitrogens with one attached hydrogen (secondary N) is 1. The Balaban J connectivity index is 1.88. The Labute approximate surface area is 122 Å². The molecule has 106 valence electrons. The highest BCUT2D eigenvalue weighted by molar-refractivity contribution is 8.02. The van der Waals surface area contributed by atoms with Gasteiger partial charge in [-0.1, -0.05) is 23.1 Å². The number of carbonyl (C=O) groups excluding carboxylic acids is 1. The molecule has 1 N–H and O–H groups in total. The van der Waals surface area contributed by atoms with Crippen LogP contribution in [0.3, 0.4) is 0 Å². The molecule has 1 aliphatic carbocycles. The van der Waals surface area contributed by atoms with Crippen LogP contribution in [0.1, 0.15) is 33.6 Å². The summed E-state index contributed by atoms with van der Waals surface area (Å²) in [5, 5.41) is 12.3. The normalized spacial score (nSPS) is 16.2. The maximum Gasteiger partial charge on any atom is 0.235 e. The molecule has 1 amide bonds. The third-order valence-electron chi connectivity index (χ3n) is 3.01. The highest BCUT2D eigenvalue weighted by Gasteiger charge is 2.24. The average molecular weight is 300 g/mol. The molecular formula is C12H20N4OS2. The summed E-state index contributed by atoms with van der Waals surface area (Å²) in [6, 6.07) is 0.584. The van der Waals surface area contributed by atoms with Crippen LogP contribution in [0.2, 0.25) is 0 Å². The fraction of sp³-hybridized carbons (Fsp3) is 0.750. The summed E-state index contributed by atoms with van der Waals surface area (Å²) in [5.74, 6) is 0.168. The van der Waals surface area contributed by atoms with Crippen molar-refractivity contribution in [2.24, 2.45) is 0 Å². The highest BCUT2D eigenvalue weighted by Crippen LogP contribution is 2.32. The van der Waals surface area contributed by atoms with Crippen LogP contribution in [0, 0.1) is 0 Å². The predicted octanol–water partition coefficient (Wildman–Crippen LogP) is 2.46. The van der Waals surface area contributed by atoms with Crippen LogP contribution in [0.25, 0.3) is 0 Å². The molecule has 1 aromatic rings. The van der Waals surface area contributed by atoms with Gasteiger partial charge in [0.25, 0.3) is 0 Å². The molecule has 0 aliphatic heterocycles. The lowest BCUT2D eigenvalue weighted by Gasteiger charge is -2.21. The van der Waals surface area contributed by atoms with Gasteiger partial charge >= 0.3 is 0 Å². The van der Waals surface area contributed by atoms with Gasteiger partial charge in [0.15, 0.2) is 4.34 Å². The van der Waals surface area contributed by atoms with E-state index in [1.54, 1.807) is 0 Å². The Morgan fingerprint density at radius 1 is 1.47 bits per heavy atom. The monoisotopic (exact) mass is 300 g/mol. The van der Waals surface area contributed by atoms with Crippen molar-refractivity contribution in [2.75, 3.05) is 18.4 Å². The molecule has 1 aromatic heterocycles. The second-order valence-electron chi connectivity index (χ2n) is 4.56. The molecule has 7 heteroatoms. The van der Waals surface area contributed by atoms with Crippen molar-refractivity contribution in [1.29, 1.82) is 0 Å². The van der Waals surface area contributed by atoms with Crippen LogP contribution in [0.5, 0.6) is 0 Å². The van der Waals surface area contributed by atoms with Crippen LogP contribution in [-0.2, 0) is 4.79 Å². The van der Waals surface area contributed by atoms with Gasteiger partial charge in [0.05, 0.1) is 5.25 Å². The Hall–Kier alpha value is -0.820. The predicted molar refractivity (Wildman–Crippen MR) is 79.8 cm³/mol. The van der Waals surface area contributed by atoms with E-state index in [4.69, 9.17) is 0 Å². The number of thioether (sulfide) groups is 1. The Bertz CT molecular complexity index is 429. The van der Waals surface area contributed by atoms with E-state index in [1.807, 2.05) is 25.7 Å². The molecule has 2 rings (SSSR count). The molecule has 1 heterocycles. The smallest absolute Gasteiger partial charge is 0.235 e. The first kappa shape index (κ1) is 14.6. The van der Waals surface area contributed by atoms with Gasteiger partial charge < -0.3 is 10.2 Å². The number of carbonyl (C=O) groups is 1. The van der Waals surface area contributed by atoms with Gasteiger partial charge in [-0.15, -0.1) is 10.2 Å². The fourth-order valence-corrected chi connectivity index (χ4v) is 3.77. The number of nitrogens with zero attached hydrogens (tertiary/aromatic N) is 3. The molecule has 1 unspecified atom stereocenters. The molecule has 5 nitrogen and oxygen atoms in total. The van der Waals surface area contributed by atoms with Crippen molar-refractivity contribution >= 4 is 34.1 Å². The lowest BCUT2D eigenvalue weighted by atomic mass is 10.4. The number of hydrogen-bond donors (Lipinski definition) is 1. The van der Waals surface area contributed by atoms with Gasteiger partial charge in [0, 0.05) is 19.1 Å². The molecule has 1 atom stereocenters. The zero-order valence-electron chi connectivity index (χ0n) is 11.5. The Kier molecular flexibility index (Phi) is 5.04. The number of amides is 1. The van der Waals surface area contributed by atoms with E-state index in [1.165, 1.54) is 35.9 Å². The van der Waals surface area contributed by atoms with Gasteiger partial charge in [0.2, 0.25) is 11.0 Å². The standard InChI is InChI=1S/C12H20N4OS2/c1-4-16(5-2)10(17)8(3)18-12-15-14-11(19-12)13-9-6-7-9/h8-9H,4-7H2,1-3H3,(H,13,14). The molecule has 0 saturated heterocycles.